The quantitative estimate of drug-likeness (QED) is 0.691. The average molecular weight is 398 g/mol. The fraction of sp³-hybridized carbons (Fsp3) is 0.364. The summed E-state index contributed by atoms with van der Waals surface area (Å²) in [5.74, 6) is 1.20. The number of likely N-dealkylation sites (tertiary alicyclic amines) is 1. The third kappa shape index (κ3) is 4.51. The molecular weight excluding hydrogens is 370 g/mol. The summed E-state index contributed by atoms with van der Waals surface area (Å²) in [5.41, 5.74) is 1.88. The van der Waals surface area contributed by atoms with Crippen LogP contribution in [0.15, 0.2) is 48.5 Å². The van der Waals surface area contributed by atoms with Gasteiger partial charge >= 0.3 is 6.03 Å². The van der Waals surface area contributed by atoms with E-state index in [0.717, 1.165) is 46.9 Å². The highest BCUT2D eigenvalue weighted by Crippen LogP contribution is 2.33. The number of hydrogen-bond acceptors (Lipinski definition) is 4. The monoisotopic (exact) mass is 398 g/mol. The van der Waals surface area contributed by atoms with E-state index in [4.69, 9.17) is 9.47 Å². The minimum absolute atomic E-state index is 0.0423. The molecule has 7 heteroatoms. The molecule has 2 aromatic carbocycles. The van der Waals surface area contributed by atoms with Crippen molar-refractivity contribution in [1.29, 1.82) is 0 Å². The van der Waals surface area contributed by atoms with Gasteiger partial charge in [0.15, 0.2) is 6.04 Å². The van der Waals surface area contributed by atoms with Gasteiger partial charge in [-0.1, -0.05) is 30.3 Å². The van der Waals surface area contributed by atoms with Crippen molar-refractivity contribution in [2.75, 3.05) is 27.8 Å². The first-order valence-corrected chi connectivity index (χ1v) is 9.74. The molecular formula is C22H28N3O4+. The maximum atomic E-state index is 13.1. The highest BCUT2D eigenvalue weighted by atomic mass is 16.5. The van der Waals surface area contributed by atoms with E-state index in [2.05, 4.69) is 10.6 Å². The summed E-state index contributed by atoms with van der Waals surface area (Å²) in [7, 11) is 4.77. The first kappa shape index (κ1) is 20.7. The SMILES string of the molecule is CNC(=O)NC(=O)[C@H](c1ccccc1)[NH+]1CCC[C@@H]1c1cc(OC)ccc1OC. The number of carbonyl (C=O) groups excluding carboxylic acids is 2. The van der Waals surface area contributed by atoms with Gasteiger partial charge in [0.1, 0.15) is 17.5 Å². The number of imide groups is 1. The molecule has 7 nitrogen and oxygen atoms in total. The molecule has 3 amide bonds. The zero-order chi connectivity index (χ0) is 20.8. The van der Waals surface area contributed by atoms with Crippen LogP contribution >= 0.6 is 0 Å². The topological polar surface area (TPSA) is 81.1 Å². The van der Waals surface area contributed by atoms with Crippen LogP contribution in [0.25, 0.3) is 0 Å². The van der Waals surface area contributed by atoms with Crippen molar-refractivity contribution in [2.45, 2.75) is 24.9 Å². The molecule has 2 aromatic rings. The lowest BCUT2D eigenvalue weighted by atomic mass is 9.98. The molecule has 3 N–H and O–H groups in total. The van der Waals surface area contributed by atoms with Crippen LogP contribution in [0.1, 0.15) is 36.1 Å². The molecule has 1 unspecified atom stereocenters. The van der Waals surface area contributed by atoms with E-state index in [9.17, 15) is 9.59 Å². The van der Waals surface area contributed by atoms with Gasteiger partial charge in [0, 0.05) is 25.5 Å². The van der Waals surface area contributed by atoms with E-state index in [-0.39, 0.29) is 11.9 Å². The highest BCUT2D eigenvalue weighted by Gasteiger charge is 2.42. The third-order valence-electron chi connectivity index (χ3n) is 5.45. The molecule has 3 atom stereocenters. The highest BCUT2D eigenvalue weighted by molar-refractivity contribution is 5.96. The predicted molar refractivity (Wildman–Crippen MR) is 109 cm³/mol. The van der Waals surface area contributed by atoms with Crippen molar-refractivity contribution >= 4 is 11.9 Å². The Bertz CT molecular complexity index is 856. The predicted octanol–water partition coefficient (Wildman–Crippen LogP) is 1.62. The Morgan fingerprint density at radius 1 is 1.10 bits per heavy atom. The average Bonchev–Trinajstić information content (AvgIpc) is 3.23. The maximum Gasteiger partial charge on any atom is 0.321 e. The van der Waals surface area contributed by atoms with Gasteiger partial charge in [0.25, 0.3) is 5.91 Å². The van der Waals surface area contributed by atoms with Crippen molar-refractivity contribution in [3.63, 3.8) is 0 Å². The van der Waals surface area contributed by atoms with Crippen LogP contribution in [-0.2, 0) is 4.79 Å². The molecule has 1 fully saturated rings. The number of amides is 3. The third-order valence-corrected chi connectivity index (χ3v) is 5.45. The smallest absolute Gasteiger partial charge is 0.321 e. The minimum atomic E-state index is -0.517. The number of hydrogen-bond donors (Lipinski definition) is 3. The lowest BCUT2D eigenvalue weighted by molar-refractivity contribution is -0.940. The lowest BCUT2D eigenvalue weighted by Gasteiger charge is -2.30. The van der Waals surface area contributed by atoms with Crippen molar-refractivity contribution in [2.24, 2.45) is 0 Å². The van der Waals surface area contributed by atoms with E-state index in [1.807, 2.05) is 48.5 Å². The Labute approximate surface area is 171 Å². The van der Waals surface area contributed by atoms with Crippen LogP contribution in [0, 0.1) is 0 Å². The standard InChI is InChI=1S/C22H27N3O4/c1-23-22(27)24-21(26)20(15-8-5-4-6-9-15)25-13-7-10-18(25)17-14-16(28-2)11-12-19(17)29-3/h4-6,8-9,11-12,14,18,20H,7,10,13H2,1-3H3,(H2,23,24,26,27)/p+1/t18-,20+/m1/s1. The van der Waals surface area contributed by atoms with Gasteiger partial charge in [-0.15, -0.1) is 0 Å². The molecule has 0 bridgehead atoms. The molecule has 0 radical (unpaired) electrons. The van der Waals surface area contributed by atoms with Gasteiger partial charge in [-0.05, 0) is 18.2 Å². The Hall–Kier alpha value is -3.06. The Balaban J connectivity index is 2.01. The summed E-state index contributed by atoms with van der Waals surface area (Å²) in [4.78, 5) is 26.0. The number of quaternary nitrogens is 1. The van der Waals surface area contributed by atoms with Crippen molar-refractivity contribution in [3.8, 4) is 11.5 Å². The summed E-state index contributed by atoms with van der Waals surface area (Å²) in [5, 5.41) is 4.91. The second kappa shape index (κ2) is 9.43. The number of ether oxygens (including phenoxy) is 2. The molecule has 3 rings (SSSR count). The molecule has 154 valence electrons. The number of urea groups is 1. The first-order valence-electron chi connectivity index (χ1n) is 9.74. The molecule has 0 aliphatic carbocycles. The summed E-state index contributed by atoms with van der Waals surface area (Å²) in [6, 6.07) is 14.3. The molecule has 1 heterocycles. The largest absolute Gasteiger partial charge is 0.497 e. The van der Waals surface area contributed by atoms with Gasteiger partial charge in [-0.2, -0.15) is 0 Å². The van der Waals surface area contributed by atoms with Gasteiger partial charge in [0.2, 0.25) is 0 Å². The van der Waals surface area contributed by atoms with Crippen LogP contribution in [0.2, 0.25) is 0 Å². The van der Waals surface area contributed by atoms with E-state index in [1.54, 1.807) is 14.2 Å². The summed E-state index contributed by atoms with van der Waals surface area (Å²) in [6.45, 7) is 0.811. The summed E-state index contributed by atoms with van der Waals surface area (Å²) < 4.78 is 11.0. The zero-order valence-corrected chi connectivity index (χ0v) is 17.0. The van der Waals surface area contributed by atoms with Gasteiger partial charge in [-0.25, -0.2) is 4.79 Å². The van der Waals surface area contributed by atoms with E-state index in [1.165, 1.54) is 7.05 Å². The van der Waals surface area contributed by atoms with Gasteiger partial charge in [-0.3, -0.25) is 10.1 Å². The fourth-order valence-electron chi connectivity index (χ4n) is 4.11. The molecule has 1 aliphatic rings. The number of nitrogens with one attached hydrogen (secondary N) is 3. The molecule has 29 heavy (non-hydrogen) atoms. The molecule has 0 spiro atoms. The number of carbonyl (C=O) groups is 2. The molecule has 0 aromatic heterocycles. The first-order chi connectivity index (χ1) is 14.1. The van der Waals surface area contributed by atoms with Crippen molar-refractivity contribution in [3.05, 3.63) is 59.7 Å². The molecule has 0 saturated carbocycles. The Kier molecular flexibility index (Phi) is 6.72. The van der Waals surface area contributed by atoms with Crippen LogP contribution in [0.3, 0.4) is 0 Å². The van der Waals surface area contributed by atoms with Crippen LogP contribution in [-0.4, -0.2) is 39.8 Å². The van der Waals surface area contributed by atoms with Gasteiger partial charge in [0.05, 0.1) is 26.3 Å². The number of benzene rings is 2. The molecule has 1 aliphatic heterocycles. The van der Waals surface area contributed by atoms with Crippen molar-refractivity contribution < 1.29 is 24.0 Å². The van der Waals surface area contributed by atoms with Gasteiger partial charge < -0.3 is 19.7 Å². The number of rotatable bonds is 6. The zero-order valence-electron chi connectivity index (χ0n) is 17.0. The Morgan fingerprint density at radius 3 is 2.52 bits per heavy atom. The number of methoxy groups -OCH3 is 2. The second-order valence-corrected chi connectivity index (χ2v) is 7.04. The van der Waals surface area contributed by atoms with Crippen LogP contribution < -0.4 is 25.0 Å². The molecule has 1 saturated heterocycles. The fourth-order valence-corrected chi connectivity index (χ4v) is 4.11. The maximum absolute atomic E-state index is 13.1. The van der Waals surface area contributed by atoms with E-state index >= 15 is 0 Å². The minimum Gasteiger partial charge on any atom is -0.497 e. The van der Waals surface area contributed by atoms with E-state index in [0.29, 0.717) is 0 Å². The second-order valence-electron chi connectivity index (χ2n) is 7.04. The van der Waals surface area contributed by atoms with E-state index < -0.39 is 12.1 Å². The van der Waals surface area contributed by atoms with Crippen LogP contribution in [0.4, 0.5) is 4.79 Å². The summed E-state index contributed by atoms with van der Waals surface area (Å²) in [6.07, 6.45) is 1.88. The Morgan fingerprint density at radius 2 is 1.86 bits per heavy atom. The van der Waals surface area contributed by atoms with Crippen LogP contribution in [0.5, 0.6) is 11.5 Å². The van der Waals surface area contributed by atoms with Crippen molar-refractivity contribution in [1.82, 2.24) is 10.6 Å². The lowest BCUT2D eigenvalue weighted by Crippen LogP contribution is -3.11. The summed E-state index contributed by atoms with van der Waals surface area (Å²) >= 11 is 0. The normalized spacial score (nSPS) is 19.3.